The number of hydrogen-bond acceptors (Lipinski definition) is 7. The van der Waals surface area contributed by atoms with Gasteiger partial charge in [0.05, 0.1) is 34.4 Å². The predicted octanol–water partition coefficient (Wildman–Crippen LogP) is 2.24. The lowest BCUT2D eigenvalue weighted by Crippen LogP contribution is -2.37. The van der Waals surface area contributed by atoms with Crippen molar-refractivity contribution in [3.05, 3.63) is 0 Å². The molecular formula is C18H38NO7P. The first kappa shape index (κ1) is 26.5. The number of esters is 1. The van der Waals surface area contributed by atoms with Gasteiger partial charge in [-0.15, -0.1) is 0 Å². The first-order valence-corrected chi connectivity index (χ1v) is 11.3. The van der Waals surface area contributed by atoms with Crippen molar-refractivity contribution in [3.8, 4) is 0 Å². The molecule has 0 bridgehead atoms. The van der Waals surface area contributed by atoms with Crippen LogP contribution < -0.4 is 4.89 Å². The lowest BCUT2D eigenvalue weighted by molar-refractivity contribution is -0.870. The van der Waals surface area contributed by atoms with E-state index in [0.29, 0.717) is 11.0 Å². The number of aliphatic hydroxyl groups is 1. The maximum Gasteiger partial charge on any atom is 0.306 e. The third-order valence-corrected chi connectivity index (χ3v) is 4.88. The lowest BCUT2D eigenvalue weighted by atomic mass is 10.1. The van der Waals surface area contributed by atoms with Crippen LogP contribution >= 0.6 is 7.82 Å². The Morgan fingerprint density at radius 3 is 2.22 bits per heavy atom. The molecule has 0 aliphatic carbocycles. The topological polar surface area (TPSA) is 105 Å². The molecule has 0 saturated carbocycles. The van der Waals surface area contributed by atoms with Crippen LogP contribution in [0.5, 0.6) is 0 Å². The number of carbonyl (C=O) groups excluding carboxylic acids is 1. The van der Waals surface area contributed by atoms with Crippen LogP contribution in [0, 0.1) is 0 Å². The maximum absolute atomic E-state index is 11.8. The van der Waals surface area contributed by atoms with Crippen molar-refractivity contribution in [1.82, 2.24) is 0 Å². The van der Waals surface area contributed by atoms with Crippen LogP contribution in [-0.4, -0.2) is 69.2 Å². The van der Waals surface area contributed by atoms with E-state index in [2.05, 4.69) is 6.92 Å². The van der Waals surface area contributed by atoms with E-state index in [0.717, 1.165) is 19.3 Å². The molecule has 1 N–H and O–H groups in total. The molecule has 0 aromatic carbocycles. The Labute approximate surface area is 164 Å². The van der Waals surface area contributed by atoms with Crippen molar-refractivity contribution < 1.29 is 37.6 Å². The van der Waals surface area contributed by atoms with E-state index in [9.17, 15) is 19.4 Å². The molecular weight excluding hydrogens is 373 g/mol. The first-order valence-electron chi connectivity index (χ1n) is 9.80. The minimum absolute atomic E-state index is 0.00782. The summed E-state index contributed by atoms with van der Waals surface area (Å²) in [5.74, 6) is -0.460. The second kappa shape index (κ2) is 14.5. The number of likely N-dealkylation sites (N-methyl/N-ethyl adjacent to an activating group) is 1. The average molecular weight is 411 g/mol. The summed E-state index contributed by atoms with van der Waals surface area (Å²) < 4.78 is 26.8. The average Bonchev–Trinajstić information content (AvgIpc) is 2.56. The van der Waals surface area contributed by atoms with Crippen molar-refractivity contribution >= 4 is 13.8 Å². The summed E-state index contributed by atoms with van der Waals surface area (Å²) in [7, 11) is 1.24. The summed E-state index contributed by atoms with van der Waals surface area (Å²) in [6, 6.07) is 0. The summed E-state index contributed by atoms with van der Waals surface area (Å²) >= 11 is 0. The van der Waals surface area contributed by atoms with Gasteiger partial charge in [-0.25, -0.2) is 0 Å². The van der Waals surface area contributed by atoms with Crippen LogP contribution in [0.4, 0.5) is 0 Å². The summed E-state index contributed by atoms with van der Waals surface area (Å²) in [5.41, 5.74) is 0. The molecule has 9 heteroatoms. The van der Waals surface area contributed by atoms with Crippen molar-refractivity contribution in [1.29, 1.82) is 0 Å². The van der Waals surface area contributed by atoms with E-state index in [1.165, 1.54) is 25.7 Å². The second-order valence-corrected chi connectivity index (χ2v) is 9.17. The molecule has 0 aromatic rings. The van der Waals surface area contributed by atoms with Gasteiger partial charge in [0.2, 0.25) is 0 Å². The fraction of sp³-hybridized carbons (Fsp3) is 0.944. The van der Waals surface area contributed by atoms with Crippen molar-refractivity contribution in [2.24, 2.45) is 0 Å². The highest BCUT2D eigenvalue weighted by Gasteiger charge is 2.19. The Morgan fingerprint density at radius 2 is 1.67 bits per heavy atom. The Hall–Kier alpha value is -0.500. The normalized spacial score (nSPS) is 15.3. The molecule has 2 atom stereocenters. The zero-order valence-electron chi connectivity index (χ0n) is 17.4. The highest BCUT2D eigenvalue weighted by atomic mass is 31.2. The first-order chi connectivity index (χ1) is 12.6. The number of carbonyl (C=O) groups is 1. The number of unbranched alkanes of at least 4 members (excludes halogenated alkanes) is 6. The molecule has 27 heavy (non-hydrogen) atoms. The van der Waals surface area contributed by atoms with E-state index in [1.807, 2.05) is 21.1 Å². The minimum atomic E-state index is -4.49. The van der Waals surface area contributed by atoms with Crippen molar-refractivity contribution in [2.75, 3.05) is 47.5 Å². The summed E-state index contributed by atoms with van der Waals surface area (Å²) in [5, 5.41) is 9.25. The maximum atomic E-state index is 11.8. The molecule has 0 heterocycles. The quantitative estimate of drug-likeness (QED) is 0.169. The molecule has 0 aliphatic rings. The summed E-state index contributed by atoms with van der Waals surface area (Å²) in [6.45, 7) is 1.69. The fourth-order valence-electron chi connectivity index (χ4n) is 2.23. The van der Waals surface area contributed by atoms with Gasteiger partial charge in [-0.05, 0) is 6.42 Å². The number of rotatable bonds is 17. The predicted molar refractivity (Wildman–Crippen MR) is 102 cm³/mol. The largest absolute Gasteiger partial charge is 0.756 e. The molecule has 0 amide bonds. The molecule has 8 nitrogen and oxygen atoms in total. The fourth-order valence-corrected chi connectivity index (χ4v) is 2.96. The molecule has 0 saturated heterocycles. The van der Waals surface area contributed by atoms with Gasteiger partial charge in [0.15, 0.2) is 0 Å². The number of nitrogens with zero attached hydrogens (tertiary/aromatic N) is 1. The summed E-state index contributed by atoms with van der Waals surface area (Å²) in [6.07, 6.45) is 6.82. The molecule has 0 radical (unpaired) electrons. The Morgan fingerprint density at radius 1 is 1.07 bits per heavy atom. The standard InChI is InChI=1S/C18H38NO7P/c1-5-6-7-8-9-10-11-12-18(21)26-17(15-20)16-25-27(22,23)24-14-13-19(2,3)4/h17,20H,5-16H2,1-4H3. The molecule has 0 aromatic heterocycles. The monoisotopic (exact) mass is 411 g/mol. The number of ether oxygens (including phenoxy) is 1. The SMILES string of the molecule is CCCCCCCCCC(=O)OC(CO)COP(=O)([O-])OCC[N+](C)(C)C. The third-order valence-electron chi connectivity index (χ3n) is 3.92. The van der Waals surface area contributed by atoms with E-state index >= 15 is 0 Å². The van der Waals surface area contributed by atoms with Crippen LogP contribution in [0.2, 0.25) is 0 Å². The zero-order valence-corrected chi connectivity index (χ0v) is 18.2. The highest BCUT2D eigenvalue weighted by Crippen LogP contribution is 2.38. The van der Waals surface area contributed by atoms with Gasteiger partial charge in [-0.2, -0.15) is 0 Å². The van der Waals surface area contributed by atoms with Gasteiger partial charge in [-0.1, -0.05) is 45.4 Å². The van der Waals surface area contributed by atoms with Crippen molar-refractivity contribution in [3.63, 3.8) is 0 Å². The summed E-state index contributed by atoms with van der Waals surface area (Å²) in [4.78, 5) is 23.5. The third kappa shape index (κ3) is 17.3. The van der Waals surface area contributed by atoms with E-state index in [1.54, 1.807) is 0 Å². The number of phosphoric acid groups is 1. The van der Waals surface area contributed by atoms with Gasteiger partial charge in [0.1, 0.15) is 19.3 Å². The van der Waals surface area contributed by atoms with Crippen molar-refractivity contribution in [2.45, 2.75) is 64.4 Å². The van der Waals surface area contributed by atoms with Gasteiger partial charge in [0.25, 0.3) is 7.82 Å². The van der Waals surface area contributed by atoms with Gasteiger partial charge < -0.3 is 28.3 Å². The van der Waals surface area contributed by atoms with Crippen LogP contribution in [-0.2, 0) is 23.1 Å². The number of phosphoric ester groups is 1. The molecule has 0 rings (SSSR count). The number of quaternary nitrogens is 1. The van der Waals surface area contributed by atoms with E-state index in [-0.39, 0.29) is 13.0 Å². The zero-order chi connectivity index (χ0) is 20.8. The van der Waals surface area contributed by atoms with E-state index < -0.39 is 33.1 Å². The van der Waals surface area contributed by atoms with Gasteiger partial charge >= 0.3 is 5.97 Å². The lowest BCUT2D eigenvalue weighted by Gasteiger charge is -2.28. The van der Waals surface area contributed by atoms with Gasteiger partial charge in [0, 0.05) is 6.42 Å². The Bertz CT molecular complexity index is 440. The van der Waals surface area contributed by atoms with Gasteiger partial charge in [-0.3, -0.25) is 9.36 Å². The highest BCUT2D eigenvalue weighted by molar-refractivity contribution is 7.45. The molecule has 2 unspecified atom stereocenters. The van der Waals surface area contributed by atoms with Crippen LogP contribution in [0.25, 0.3) is 0 Å². The number of aliphatic hydroxyl groups excluding tert-OH is 1. The smallest absolute Gasteiger partial charge is 0.306 e. The Kier molecular flexibility index (Phi) is 14.2. The minimum Gasteiger partial charge on any atom is -0.756 e. The second-order valence-electron chi connectivity index (χ2n) is 7.76. The molecule has 0 fully saturated rings. The number of hydrogen-bond donors (Lipinski definition) is 1. The molecule has 0 aliphatic heterocycles. The van der Waals surface area contributed by atoms with Crippen LogP contribution in [0.15, 0.2) is 0 Å². The molecule has 0 spiro atoms. The van der Waals surface area contributed by atoms with Crippen LogP contribution in [0.1, 0.15) is 58.3 Å². The Balaban J connectivity index is 3.98. The molecule has 162 valence electrons. The van der Waals surface area contributed by atoms with E-state index in [4.69, 9.17) is 13.8 Å². The van der Waals surface area contributed by atoms with Crippen LogP contribution in [0.3, 0.4) is 0 Å².